The van der Waals surface area contributed by atoms with Crippen LogP contribution in [0.25, 0.3) is 0 Å². The van der Waals surface area contributed by atoms with Crippen molar-refractivity contribution < 1.29 is 9.53 Å². The molecule has 1 aliphatic rings. The Labute approximate surface area is 154 Å². The predicted molar refractivity (Wildman–Crippen MR) is 98.8 cm³/mol. The van der Waals surface area contributed by atoms with Gasteiger partial charge in [0.05, 0.1) is 10.0 Å². The van der Waals surface area contributed by atoms with Crippen molar-refractivity contribution in [2.75, 3.05) is 13.1 Å². The van der Waals surface area contributed by atoms with Gasteiger partial charge in [-0.15, -0.1) is 0 Å². The molecule has 0 saturated carbocycles. The lowest BCUT2D eigenvalue weighted by atomic mass is 10.0. The van der Waals surface area contributed by atoms with E-state index in [0.29, 0.717) is 29.2 Å². The highest BCUT2D eigenvalue weighted by atomic mass is 35.5. The van der Waals surface area contributed by atoms with E-state index >= 15 is 0 Å². The van der Waals surface area contributed by atoms with Crippen molar-refractivity contribution in [3.05, 3.63) is 33.8 Å². The standard InChI is InChI=1S/C18H26Cl2N2O2/c1-12(13-5-6-15(19)16(20)11-13)21-14-7-9-22(10-8-14)17(23)24-18(2,3)4/h5-6,11-12,14,21H,7-10H2,1-4H3. The normalized spacial score (nSPS) is 17.7. The van der Waals surface area contributed by atoms with Crippen LogP contribution in [0.3, 0.4) is 0 Å². The second kappa shape index (κ2) is 7.94. The number of likely N-dealkylation sites (tertiary alicyclic amines) is 1. The molecule has 1 unspecified atom stereocenters. The molecule has 1 atom stereocenters. The van der Waals surface area contributed by atoms with Gasteiger partial charge in [-0.3, -0.25) is 0 Å². The number of ether oxygens (including phenoxy) is 1. The summed E-state index contributed by atoms with van der Waals surface area (Å²) in [5.74, 6) is 0. The highest BCUT2D eigenvalue weighted by Gasteiger charge is 2.27. The van der Waals surface area contributed by atoms with Crippen LogP contribution in [-0.2, 0) is 4.74 Å². The number of hydrogen-bond donors (Lipinski definition) is 1. The van der Waals surface area contributed by atoms with E-state index in [9.17, 15) is 4.79 Å². The van der Waals surface area contributed by atoms with E-state index in [1.807, 2.05) is 39.0 Å². The molecule has 1 aromatic carbocycles. The van der Waals surface area contributed by atoms with Gasteiger partial charge < -0.3 is 15.0 Å². The van der Waals surface area contributed by atoms with Crippen LogP contribution in [0.5, 0.6) is 0 Å². The summed E-state index contributed by atoms with van der Waals surface area (Å²) < 4.78 is 5.43. The van der Waals surface area contributed by atoms with Crippen molar-refractivity contribution in [2.45, 2.75) is 58.2 Å². The molecule has 0 radical (unpaired) electrons. The summed E-state index contributed by atoms with van der Waals surface area (Å²) in [4.78, 5) is 13.9. The van der Waals surface area contributed by atoms with E-state index in [1.54, 1.807) is 4.90 Å². The summed E-state index contributed by atoms with van der Waals surface area (Å²) in [7, 11) is 0. The first-order valence-corrected chi connectivity index (χ1v) is 9.10. The summed E-state index contributed by atoms with van der Waals surface area (Å²) in [5, 5.41) is 4.75. The molecule has 2 rings (SSSR count). The summed E-state index contributed by atoms with van der Waals surface area (Å²) >= 11 is 12.1. The number of nitrogens with one attached hydrogen (secondary N) is 1. The molecule has 1 heterocycles. The number of hydrogen-bond acceptors (Lipinski definition) is 3. The number of rotatable bonds is 3. The molecule has 1 fully saturated rings. The first-order chi connectivity index (χ1) is 11.2. The summed E-state index contributed by atoms with van der Waals surface area (Å²) in [6.45, 7) is 9.19. The number of halogens is 2. The van der Waals surface area contributed by atoms with Crippen molar-refractivity contribution in [3.63, 3.8) is 0 Å². The number of carbonyl (C=O) groups is 1. The Bertz CT molecular complexity index is 579. The third-order valence-electron chi connectivity index (χ3n) is 4.08. The first-order valence-electron chi connectivity index (χ1n) is 8.34. The Morgan fingerprint density at radius 2 is 1.88 bits per heavy atom. The topological polar surface area (TPSA) is 41.6 Å². The number of amides is 1. The van der Waals surface area contributed by atoms with Gasteiger partial charge in [0.15, 0.2) is 0 Å². The smallest absolute Gasteiger partial charge is 0.410 e. The molecule has 1 amide bonds. The van der Waals surface area contributed by atoms with Crippen molar-refractivity contribution in [1.29, 1.82) is 0 Å². The van der Waals surface area contributed by atoms with Gasteiger partial charge in [0, 0.05) is 25.2 Å². The van der Waals surface area contributed by atoms with E-state index in [2.05, 4.69) is 12.2 Å². The first kappa shape index (κ1) is 19.4. The molecule has 1 saturated heterocycles. The maximum atomic E-state index is 12.1. The number of carbonyl (C=O) groups excluding carboxylic acids is 1. The zero-order valence-corrected chi connectivity index (χ0v) is 16.2. The van der Waals surface area contributed by atoms with Crippen molar-refractivity contribution in [1.82, 2.24) is 10.2 Å². The Morgan fingerprint density at radius 1 is 1.25 bits per heavy atom. The molecule has 1 N–H and O–H groups in total. The lowest BCUT2D eigenvalue weighted by molar-refractivity contribution is 0.0196. The SMILES string of the molecule is CC(NC1CCN(C(=O)OC(C)(C)C)CC1)c1ccc(Cl)c(Cl)c1. The monoisotopic (exact) mass is 372 g/mol. The van der Waals surface area contributed by atoms with Gasteiger partial charge in [0.2, 0.25) is 0 Å². The molecular formula is C18H26Cl2N2O2. The molecule has 6 heteroatoms. The molecule has 134 valence electrons. The van der Waals surface area contributed by atoms with Crippen LogP contribution in [0.4, 0.5) is 4.79 Å². The Hall–Kier alpha value is -0.970. The molecule has 0 aromatic heterocycles. The molecule has 0 spiro atoms. The fraction of sp³-hybridized carbons (Fsp3) is 0.611. The Balaban J connectivity index is 1.84. The van der Waals surface area contributed by atoms with Crippen LogP contribution in [0.1, 0.15) is 52.1 Å². The Kier molecular flexibility index (Phi) is 6.40. The van der Waals surface area contributed by atoms with Crippen LogP contribution >= 0.6 is 23.2 Å². The maximum Gasteiger partial charge on any atom is 0.410 e. The highest BCUT2D eigenvalue weighted by Crippen LogP contribution is 2.26. The average Bonchev–Trinajstić information content (AvgIpc) is 2.49. The fourth-order valence-electron chi connectivity index (χ4n) is 2.79. The van der Waals surface area contributed by atoms with Gasteiger partial charge in [0.1, 0.15) is 5.60 Å². The summed E-state index contributed by atoms with van der Waals surface area (Å²) in [5.41, 5.74) is 0.660. The fourth-order valence-corrected chi connectivity index (χ4v) is 3.09. The van der Waals surface area contributed by atoms with Crippen molar-refractivity contribution in [2.24, 2.45) is 0 Å². The highest BCUT2D eigenvalue weighted by molar-refractivity contribution is 6.42. The molecule has 0 aliphatic carbocycles. The predicted octanol–water partition coefficient (Wildman–Crippen LogP) is 5.04. The lowest BCUT2D eigenvalue weighted by Gasteiger charge is -2.35. The van der Waals surface area contributed by atoms with Crippen LogP contribution in [0, 0.1) is 0 Å². The second-order valence-electron chi connectivity index (χ2n) is 7.30. The third kappa shape index (κ3) is 5.54. The van der Waals surface area contributed by atoms with Crippen LogP contribution in [-0.4, -0.2) is 35.7 Å². The van der Waals surface area contributed by atoms with Gasteiger partial charge in [-0.1, -0.05) is 29.3 Å². The second-order valence-corrected chi connectivity index (χ2v) is 8.12. The van der Waals surface area contributed by atoms with Gasteiger partial charge in [0.25, 0.3) is 0 Å². The van der Waals surface area contributed by atoms with Crippen molar-refractivity contribution in [3.8, 4) is 0 Å². The van der Waals surface area contributed by atoms with Gasteiger partial charge >= 0.3 is 6.09 Å². The van der Waals surface area contributed by atoms with Crippen LogP contribution in [0.15, 0.2) is 18.2 Å². The van der Waals surface area contributed by atoms with E-state index in [1.165, 1.54) is 0 Å². The third-order valence-corrected chi connectivity index (χ3v) is 4.82. The minimum Gasteiger partial charge on any atom is -0.444 e. The van der Waals surface area contributed by atoms with E-state index in [4.69, 9.17) is 27.9 Å². The summed E-state index contributed by atoms with van der Waals surface area (Å²) in [6, 6.07) is 6.26. The van der Waals surface area contributed by atoms with Crippen LogP contribution < -0.4 is 5.32 Å². The molecule has 1 aromatic rings. The van der Waals surface area contributed by atoms with Crippen molar-refractivity contribution >= 4 is 29.3 Å². The van der Waals surface area contributed by atoms with E-state index in [0.717, 1.165) is 18.4 Å². The molecule has 0 bridgehead atoms. The zero-order chi connectivity index (χ0) is 17.9. The lowest BCUT2D eigenvalue weighted by Crippen LogP contribution is -2.46. The quantitative estimate of drug-likeness (QED) is 0.807. The Morgan fingerprint density at radius 3 is 2.42 bits per heavy atom. The minimum atomic E-state index is -0.450. The molecule has 4 nitrogen and oxygen atoms in total. The average molecular weight is 373 g/mol. The largest absolute Gasteiger partial charge is 0.444 e. The zero-order valence-electron chi connectivity index (χ0n) is 14.7. The van der Waals surface area contributed by atoms with Gasteiger partial charge in [-0.2, -0.15) is 0 Å². The maximum absolute atomic E-state index is 12.1. The number of benzene rings is 1. The number of nitrogens with zero attached hydrogens (tertiary/aromatic N) is 1. The molecule has 1 aliphatic heterocycles. The summed E-state index contributed by atoms with van der Waals surface area (Å²) in [6.07, 6.45) is 1.59. The minimum absolute atomic E-state index is 0.179. The van der Waals surface area contributed by atoms with E-state index in [-0.39, 0.29) is 12.1 Å². The van der Waals surface area contributed by atoms with Gasteiger partial charge in [-0.05, 0) is 58.2 Å². The molecule has 24 heavy (non-hydrogen) atoms. The van der Waals surface area contributed by atoms with E-state index < -0.39 is 5.60 Å². The number of piperidine rings is 1. The van der Waals surface area contributed by atoms with Gasteiger partial charge in [-0.25, -0.2) is 4.79 Å². The van der Waals surface area contributed by atoms with Crippen LogP contribution in [0.2, 0.25) is 10.0 Å². The molecular weight excluding hydrogens is 347 g/mol.